The van der Waals surface area contributed by atoms with Crippen LogP contribution in [0.5, 0.6) is 0 Å². The van der Waals surface area contributed by atoms with Crippen LogP contribution in [0.1, 0.15) is 56.3 Å². The third-order valence-electron chi connectivity index (χ3n) is 7.94. The Morgan fingerprint density at radius 1 is 0.927 bits per heavy atom. The van der Waals surface area contributed by atoms with E-state index in [1.165, 1.54) is 13.5 Å². The van der Waals surface area contributed by atoms with Gasteiger partial charge in [0.2, 0.25) is 12.3 Å². The Bertz CT molecular complexity index is 1490. The molecule has 0 spiro atoms. The standard InChI is InChI=1S/C31H35N7O3/c1-20(35-19-41-40-2)31(39)38-16-4-6-28(38)30-34-18-27(37-30)24-13-9-22(10-14-24)21-7-11-23(12-8-21)26-17-33-29(36-26)25-5-3-15-32-25/h7-14,17-20,25,28,32H,3-6,15-16H2,1-2H3,(H,33,36)(H,34,37)/b35-19-/t20-,25-,28-/m0/s1. The van der Waals surface area contributed by atoms with Gasteiger partial charge >= 0.3 is 0 Å². The quantitative estimate of drug-likeness (QED) is 0.113. The molecule has 0 saturated carbocycles. The molecule has 2 aromatic heterocycles. The van der Waals surface area contributed by atoms with Gasteiger partial charge in [-0.2, -0.15) is 4.89 Å². The van der Waals surface area contributed by atoms with Gasteiger partial charge in [0, 0.05) is 6.54 Å². The molecular formula is C31H35N7O3. The number of benzene rings is 2. The minimum Gasteiger partial charge on any atom is -0.341 e. The first-order valence-electron chi connectivity index (χ1n) is 14.2. The SMILES string of the molecule is COO/C=N\[C@@H](C)C(=O)N1CCC[C@H]1c1ncc(-c2ccc(-c3ccc(-c4cnc([C@@H]5CCCN5)[nH]4)cc3)cc2)[nH]1. The highest BCUT2D eigenvalue weighted by molar-refractivity contribution is 5.83. The van der Waals surface area contributed by atoms with Crippen LogP contribution in [0.25, 0.3) is 33.6 Å². The fourth-order valence-electron chi connectivity index (χ4n) is 5.69. The summed E-state index contributed by atoms with van der Waals surface area (Å²) < 4.78 is 0. The lowest BCUT2D eigenvalue weighted by Gasteiger charge is -2.24. The summed E-state index contributed by atoms with van der Waals surface area (Å²) >= 11 is 0. The van der Waals surface area contributed by atoms with Gasteiger partial charge in [0.15, 0.2) is 0 Å². The van der Waals surface area contributed by atoms with Crippen LogP contribution in [-0.2, 0) is 14.6 Å². The van der Waals surface area contributed by atoms with E-state index >= 15 is 0 Å². The zero-order valence-corrected chi connectivity index (χ0v) is 23.3. The highest BCUT2D eigenvalue weighted by Crippen LogP contribution is 2.33. The lowest BCUT2D eigenvalue weighted by Crippen LogP contribution is -2.37. The van der Waals surface area contributed by atoms with Crippen LogP contribution in [0, 0.1) is 0 Å². The number of likely N-dealkylation sites (tertiary alicyclic amines) is 1. The second-order valence-electron chi connectivity index (χ2n) is 10.6. The van der Waals surface area contributed by atoms with Gasteiger partial charge in [0.25, 0.3) is 0 Å². The number of imidazole rings is 2. The van der Waals surface area contributed by atoms with E-state index in [2.05, 4.69) is 88.6 Å². The van der Waals surface area contributed by atoms with Gasteiger partial charge < -0.3 is 25.1 Å². The smallest absolute Gasteiger partial charge is 0.247 e. The summed E-state index contributed by atoms with van der Waals surface area (Å²) in [6.07, 6.45) is 9.01. The molecule has 3 atom stereocenters. The van der Waals surface area contributed by atoms with Crippen LogP contribution in [0.3, 0.4) is 0 Å². The van der Waals surface area contributed by atoms with Crippen molar-refractivity contribution >= 4 is 12.3 Å². The summed E-state index contributed by atoms with van der Waals surface area (Å²) in [7, 11) is 1.39. The third-order valence-corrected chi connectivity index (χ3v) is 7.94. The van der Waals surface area contributed by atoms with Crippen LogP contribution in [0.15, 0.2) is 65.9 Å². The van der Waals surface area contributed by atoms with Crippen molar-refractivity contribution in [2.45, 2.75) is 50.7 Å². The van der Waals surface area contributed by atoms with Crippen LogP contribution in [0.2, 0.25) is 0 Å². The lowest BCUT2D eigenvalue weighted by molar-refractivity contribution is -0.188. The van der Waals surface area contributed by atoms with E-state index in [9.17, 15) is 4.79 Å². The molecule has 0 radical (unpaired) electrons. The molecule has 3 N–H and O–H groups in total. The molecule has 1 amide bonds. The maximum Gasteiger partial charge on any atom is 0.247 e. The van der Waals surface area contributed by atoms with E-state index < -0.39 is 6.04 Å². The molecular weight excluding hydrogens is 518 g/mol. The minimum atomic E-state index is -0.562. The van der Waals surface area contributed by atoms with Gasteiger partial charge in [-0.3, -0.25) is 4.79 Å². The van der Waals surface area contributed by atoms with Gasteiger partial charge in [-0.25, -0.2) is 15.0 Å². The normalized spacial score (nSPS) is 19.7. The topological polar surface area (TPSA) is 121 Å². The zero-order valence-electron chi connectivity index (χ0n) is 23.3. The van der Waals surface area contributed by atoms with Crippen molar-refractivity contribution in [3.63, 3.8) is 0 Å². The van der Waals surface area contributed by atoms with E-state index in [0.29, 0.717) is 12.6 Å². The highest BCUT2D eigenvalue weighted by Gasteiger charge is 2.34. The fourth-order valence-corrected chi connectivity index (χ4v) is 5.69. The zero-order chi connectivity index (χ0) is 28.2. The number of amides is 1. The number of rotatable bonds is 9. The van der Waals surface area contributed by atoms with Gasteiger partial charge in [-0.15, -0.1) is 0 Å². The van der Waals surface area contributed by atoms with Crippen molar-refractivity contribution in [1.29, 1.82) is 0 Å². The summed E-state index contributed by atoms with van der Waals surface area (Å²) in [6.45, 7) is 3.48. The number of hydrogen-bond donors (Lipinski definition) is 3. The Labute approximate surface area is 239 Å². The first kappa shape index (κ1) is 26.9. The molecule has 0 bridgehead atoms. The van der Waals surface area contributed by atoms with E-state index in [1.807, 2.05) is 17.3 Å². The molecule has 2 aliphatic heterocycles. The summed E-state index contributed by atoms with van der Waals surface area (Å²) in [4.78, 5) is 44.3. The molecule has 2 aromatic carbocycles. The molecule has 2 aliphatic rings. The monoisotopic (exact) mass is 553 g/mol. The molecule has 41 heavy (non-hydrogen) atoms. The molecule has 10 nitrogen and oxygen atoms in total. The molecule has 6 rings (SSSR count). The van der Waals surface area contributed by atoms with Crippen molar-refractivity contribution in [1.82, 2.24) is 30.2 Å². The van der Waals surface area contributed by atoms with Gasteiger partial charge in [0.1, 0.15) is 17.7 Å². The number of hydrogen-bond acceptors (Lipinski definition) is 7. The van der Waals surface area contributed by atoms with E-state index in [4.69, 9.17) is 0 Å². The minimum absolute atomic E-state index is 0.0597. The van der Waals surface area contributed by atoms with E-state index in [1.54, 1.807) is 6.92 Å². The van der Waals surface area contributed by atoms with Crippen LogP contribution in [0.4, 0.5) is 0 Å². The van der Waals surface area contributed by atoms with Crippen LogP contribution >= 0.6 is 0 Å². The Morgan fingerprint density at radius 3 is 2.15 bits per heavy atom. The number of aliphatic imine (C=N–C) groups is 1. The summed E-state index contributed by atoms with van der Waals surface area (Å²) in [5.41, 5.74) is 6.41. The predicted octanol–water partition coefficient (Wildman–Crippen LogP) is 5.22. The molecule has 0 unspecified atom stereocenters. The van der Waals surface area contributed by atoms with E-state index in [-0.39, 0.29) is 11.9 Å². The van der Waals surface area contributed by atoms with E-state index in [0.717, 1.165) is 77.5 Å². The number of carbonyl (C=O) groups excluding carboxylic acids is 1. The molecule has 10 heteroatoms. The number of nitrogens with one attached hydrogen (secondary N) is 3. The Kier molecular flexibility index (Phi) is 7.93. The number of carbonyl (C=O) groups is 1. The average Bonchev–Trinajstić information content (AvgIpc) is 3.83. The molecule has 0 aliphatic carbocycles. The first-order valence-corrected chi connectivity index (χ1v) is 14.2. The Morgan fingerprint density at radius 2 is 1.54 bits per heavy atom. The second-order valence-corrected chi connectivity index (χ2v) is 10.6. The second kappa shape index (κ2) is 12.1. The lowest BCUT2D eigenvalue weighted by atomic mass is 10.0. The molecule has 2 fully saturated rings. The van der Waals surface area contributed by atoms with Crippen molar-refractivity contribution < 1.29 is 14.6 Å². The molecule has 2 saturated heterocycles. The molecule has 4 heterocycles. The highest BCUT2D eigenvalue weighted by atomic mass is 17.2. The molecule has 212 valence electrons. The van der Waals surface area contributed by atoms with Crippen molar-refractivity contribution in [3.05, 3.63) is 72.6 Å². The summed E-state index contributed by atoms with van der Waals surface area (Å²) in [5, 5.41) is 3.49. The van der Waals surface area contributed by atoms with Crippen molar-refractivity contribution in [2.24, 2.45) is 4.99 Å². The van der Waals surface area contributed by atoms with Crippen molar-refractivity contribution in [2.75, 3.05) is 20.2 Å². The summed E-state index contributed by atoms with van der Waals surface area (Å²) in [5.74, 6) is 1.75. The largest absolute Gasteiger partial charge is 0.341 e. The third kappa shape index (κ3) is 5.79. The number of aromatic amines is 2. The molecule has 4 aromatic rings. The predicted molar refractivity (Wildman–Crippen MR) is 157 cm³/mol. The summed E-state index contributed by atoms with van der Waals surface area (Å²) in [6, 6.07) is 16.7. The van der Waals surface area contributed by atoms with Crippen molar-refractivity contribution in [3.8, 4) is 33.6 Å². The van der Waals surface area contributed by atoms with Crippen LogP contribution in [-0.4, -0.2) is 63.4 Å². The maximum absolute atomic E-state index is 13.0. The maximum atomic E-state index is 13.0. The first-order chi connectivity index (χ1) is 20.1. The van der Waals surface area contributed by atoms with Gasteiger partial charge in [0.05, 0.1) is 43.0 Å². The Balaban J connectivity index is 1.12. The van der Waals surface area contributed by atoms with Gasteiger partial charge in [-0.05, 0) is 61.4 Å². The van der Waals surface area contributed by atoms with Crippen LogP contribution < -0.4 is 5.32 Å². The average molecular weight is 554 g/mol. The number of aromatic nitrogens is 4. The fraction of sp³-hybridized carbons (Fsp3) is 0.355. The Hall–Kier alpha value is -4.28. The number of nitrogens with zero attached hydrogens (tertiary/aromatic N) is 4. The van der Waals surface area contributed by atoms with Gasteiger partial charge in [-0.1, -0.05) is 48.5 Å². The number of H-pyrrole nitrogens is 2.